The van der Waals surface area contributed by atoms with Gasteiger partial charge in [-0.05, 0) is 43.7 Å². The van der Waals surface area contributed by atoms with Crippen LogP contribution in [0.25, 0.3) is 22.4 Å². The molecule has 0 N–H and O–H groups in total. The van der Waals surface area contributed by atoms with E-state index in [1.54, 1.807) is 6.20 Å². The van der Waals surface area contributed by atoms with Crippen LogP contribution < -0.4 is 0 Å². The summed E-state index contributed by atoms with van der Waals surface area (Å²) in [5.41, 5.74) is 4.56. The van der Waals surface area contributed by atoms with Crippen molar-refractivity contribution in [2.75, 3.05) is 0 Å². The lowest BCUT2D eigenvalue weighted by molar-refractivity contribution is 0.795. The van der Waals surface area contributed by atoms with Gasteiger partial charge in [-0.3, -0.25) is 4.98 Å². The third-order valence-corrected chi connectivity index (χ3v) is 3.14. The second kappa shape index (κ2) is 4.26. The zero-order valence-electron chi connectivity index (χ0n) is 10.6. The number of aromatic nitrogens is 3. The molecule has 0 saturated heterocycles. The Bertz CT molecular complexity index is 684. The summed E-state index contributed by atoms with van der Waals surface area (Å²) in [7, 11) is 0. The summed E-state index contributed by atoms with van der Waals surface area (Å²) in [4.78, 5) is 8.89. The van der Waals surface area contributed by atoms with Crippen molar-refractivity contribution in [2.24, 2.45) is 0 Å². The minimum absolute atomic E-state index is 0.907. The van der Waals surface area contributed by atoms with E-state index in [0.29, 0.717) is 0 Å². The molecule has 18 heavy (non-hydrogen) atoms. The summed E-state index contributed by atoms with van der Waals surface area (Å²) < 4.78 is 2.24. The van der Waals surface area contributed by atoms with Crippen molar-refractivity contribution in [3.8, 4) is 11.4 Å². The highest BCUT2D eigenvalue weighted by Gasteiger charge is 2.11. The van der Waals surface area contributed by atoms with E-state index in [4.69, 9.17) is 4.98 Å². The number of hydrogen-bond donors (Lipinski definition) is 0. The second-order valence-corrected chi connectivity index (χ2v) is 4.41. The Morgan fingerprint density at radius 2 is 2.11 bits per heavy atom. The van der Waals surface area contributed by atoms with Crippen molar-refractivity contribution in [3.05, 3.63) is 48.3 Å². The predicted molar refractivity (Wildman–Crippen MR) is 73.4 cm³/mol. The molecule has 3 aromatic rings. The Labute approximate surface area is 106 Å². The number of nitrogens with zero attached hydrogens (tertiary/aromatic N) is 3. The lowest BCUT2D eigenvalue weighted by atomic mass is 10.2. The van der Waals surface area contributed by atoms with E-state index in [1.165, 1.54) is 11.1 Å². The number of fused-ring (bicyclic) bond motifs is 1. The van der Waals surface area contributed by atoms with Crippen LogP contribution >= 0.6 is 0 Å². The second-order valence-electron chi connectivity index (χ2n) is 4.41. The minimum atomic E-state index is 0.907. The molecular formula is C15H15N3. The maximum atomic E-state index is 4.72. The largest absolute Gasteiger partial charge is 0.324 e. The number of aryl methyl sites for hydroxylation is 2. The SMILES string of the molecule is CCn1c(-c2cccnc2)nc2ccc(C)cc21. The van der Waals surface area contributed by atoms with Gasteiger partial charge in [0.15, 0.2) is 0 Å². The molecule has 0 atom stereocenters. The third-order valence-electron chi connectivity index (χ3n) is 3.14. The maximum absolute atomic E-state index is 4.72. The molecular weight excluding hydrogens is 222 g/mol. The van der Waals surface area contributed by atoms with E-state index < -0.39 is 0 Å². The van der Waals surface area contributed by atoms with Crippen LogP contribution in [0, 0.1) is 6.92 Å². The molecule has 3 heteroatoms. The van der Waals surface area contributed by atoms with Crippen molar-refractivity contribution in [1.29, 1.82) is 0 Å². The number of hydrogen-bond acceptors (Lipinski definition) is 2. The maximum Gasteiger partial charge on any atom is 0.142 e. The molecule has 0 aliphatic heterocycles. The van der Waals surface area contributed by atoms with Crippen LogP contribution in [0.2, 0.25) is 0 Å². The Hall–Kier alpha value is -2.16. The Morgan fingerprint density at radius 1 is 1.22 bits per heavy atom. The molecule has 0 unspecified atom stereocenters. The topological polar surface area (TPSA) is 30.7 Å². The van der Waals surface area contributed by atoms with Crippen LogP contribution in [-0.4, -0.2) is 14.5 Å². The van der Waals surface area contributed by atoms with Crippen LogP contribution in [0.4, 0.5) is 0 Å². The van der Waals surface area contributed by atoms with Crippen LogP contribution in [0.1, 0.15) is 12.5 Å². The Balaban J connectivity index is 2.30. The Morgan fingerprint density at radius 3 is 2.83 bits per heavy atom. The van der Waals surface area contributed by atoms with E-state index in [1.807, 2.05) is 18.3 Å². The first kappa shape index (κ1) is 11.0. The normalized spacial score (nSPS) is 11.0. The average Bonchev–Trinajstić information content (AvgIpc) is 2.77. The summed E-state index contributed by atoms with van der Waals surface area (Å²) in [5.74, 6) is 0.992. The highest BCUT2D eigenvalue weighted by Crippen LogP contribution is 2.24. The van der Waals surface area contributed by atoms with Crippen molar-refractivity contribution in [2.45, 2.75) is 20.4 Å². The zero-order valence-corrected chi connectivity index (χ0v) is 10.6. The molecule has 3 rings (SSSR count). The number of imidazole rings is 1. The summed E-state index contributed by atoms with van der Waals surface area (Å²) in [6.45, 7) is 5.16. The molecule has 0 amide bonds. The fourth-order valence-corrected chi connectivity index (χ4v) is 2.27. The van der Waals surface area contributed by atoms with Crippen molar-refractivity contribution >= 4 is 11.0 Å². The van der Waals surface area contributed by atoms with Crippen molar-refractivity contribution in [1.82, 2.24) is 14.5 Å². The standard InChI is InChI=1S/C15H15N3/c1-3-18-14-9-11(2)6-7-13(14)17-15(18)12-5-4-8-16-10-12/h4-10H,3H2,1-2H3. The molecule has 0 aliphatic carbocycles. The van der Waals surface area contributed by atoms with Gasteiger partial charge in [0.25, 0.3) is 0 Å². The lowest BCUT2D eigenvalue weighted by Gasteiger charge is -2.05. The molecule has 3 nitrogen and oxygen atoms in total. The fourth-order valence-electron chi connectivity index (χ4n) is 2.27. The molecule has 2 heterocycles. The first-order chi connectivity index (χ1) is 8.79. The minimum Gasteiger partial charge on any atom is -0.324 e. The van der Waals surface area contributed by atoms with E-state index in [2.05, 4.69) is 41.6 Å². The number of rotatable bonds is 2. The Kier molecular flexibility index (Phi) is 2.59. The van der Waals surface area contributed by atoms with E-state index in [0.717, 1.165) is 23.4 Å². The van der Waals surface area contributed by atoms with Crippen LogP contribution in [0.5, 0.6) is 0 Å². The van der Waals surface area contributed by atoms with Gasteiger partial charge in [-0.15, -0.1) is 0 Å². The van der Waals surface area contributed by atoms with Gasteiger partial charge in [-0.2, -0.15) is 0 Å². The van der Waals surface area contributed by atoms with Crippen molar-refractivity contribution < 1.29 is 0 Å². The molecule has 90 valence electrons. The highest BCUT2D eigenvalue weighted by molar-refractivity contribution is 5.81. The van der Waals surface area contributed by atoms with Crippen LogP contribution in [-0.2, 0) is 6.54 Å². The van der Waals surface area contributed by atoms with Gasteiger partial charge in [-0.1, -0.05) is 6.07 Å². The summed E-state index contributed by atoms with van der Waals surface area (Å²) in [5, 5.41) is 0. The first-order valence-corrected chi connectivity index (χ1v) is 6.17. The molecule has 0 aliphatic rings. The first-order valence-electron chi connectivity index (χ1n) is 6.17. The van der Waals surface area contributed by atoms with E-state index in [9.17, 15) is 0 Å². The fraction of sp³-hybridized carbons (Fsp3) is 0.200. The van der Waals surface area contributed by atoms with Crippen LogP contribution in [0.3, 0.4) is 0 Å². The van der Waals surface area contributed by atoms with Gasteiger partial charge in [0, 0.05) is 24.5 Å². The van der Waals surface area contributed by atoms with Crippen molar-refractivity contribution in [3.63, 3.8) is 0 Å². The molecule has 0 radical (unpaired) electrons. The van der Waals surface area contributed by atoms with Gasteiger partial charge in [0.05, 0.1) is 11.0 Å². The van der Waals surface area contributed by atoms with E-state index >= 15 is 0 Å². The quantitative estimate of drug-likeness (QED) is 0.683. The molecule has 2 aromatic heterocycles. The van der Waals surface area contributed by atoms with Gasteiger partial charge >= 0.3 is 0 Å². The summed E-state index contributed by atoms with van der Waals surface area (Å²) in [6, 6.07) is 10.4. The molecule has 0 saturated carbocycles. The summed E-state index contributed by atoms with van der Waals surface area (Å²) in [6.07, 6.45) is 3.65. The van der Waals surface area contributed by atoms with Gasteiger partial charge in [0.2, 0.25) is 0 Å². The zero-order chi connectivity index (χ0) is 12.5. The number of pyridine rings is 1. The molecule has 0 spiro atoms. The average molecular weight is 237 g/mol. The van der Waals surface area contributed by atoms with Crippen LogP contribution in [0.15, 0.2) is 42.7 Å². The number of benzene rings is 1. The van der Waals surface area contributed by atoms with Gasteiger partial charge in [-0.25, -0.2) is 4.98 Å². The summed E-state index contributed by atoms with van der Waals surface area (Å²) >= 11 is 0. The predicted octanol–water partition coefficient (Wildman–Crippen LogP) is 3.43. The lowest BCUT2D eigenvalue weighted by Crippen LogP contribution is -1.97. The molecule has 1 aromatic carbocycles. The monoisotopic (exact) mass is 237 g/mol. The smallest absolute Gasteiger partial charge is 0.142 e. The molecule has 0 fully saturated rings. The van der Waals surface area contributed by atoms with Gasteiger partial charge in [0.1, 0.15) is 5.82 Å². The molecule has 0 bridgehead atoms. The van der Waals surface area contributed by atoms with Gasteiger partial charge < -0.3 is 4.57 Å². The highest BCUT2D eigenvalue weighted by atomic mass is 15.1. The van der Waals surface area contributed by atoms with E-state index in [-0.39, 0.29) is 0 Å². The third kappa shape index (κ3) is 1.68.